The van der Waals surface area contributed by atoms with Gasteiger partial charge in [0.25, 0.3) is 0 Å². The van der Waals surface area contributed by atoms with Gasteiger partial charge in [-0.15, -0.1) is 0 Å². The summed E-state index contributed by atoms with van der Waals surface area (Å²) < 4.78 is 5.19. The molecule has 1 atom stereocenters. The van der Waals surface area contributed by atoms with Crippen LogP contribution in [0.25, 0.3) is 0 Å². The minimum atomic E-state index is -0.457. The maximum atomic E-state index is 11.5. The Labute approximate surface area is 121 Å². The Balaban J connectivity index is 2.40. The van der Waals surface area contributed by atoms with E-state index in [4.69, 9.17) is 10.5 Å². The summed E-state index contributed by atoms with van der Waals surface area (Å²) in [5.41, 5.74) is 7.77. The molecule has 0 radical (unpaired) electrons. The van der Waals surface area contributed by atoms with Crippen molar-refractivity contribution in [3.63, 3.8) is 0 Å². The molecule has 0 bridgehead atoms. The average molecular weight is 278 g/mol. The molecule has 0 heterocycles. The van der Waals surface area contributed by atoms with Crippen molar-refractivity contribution in [1.29, 1.82) is 0 Å². The summed E-state index contributed by atoms with van der Waals surface area (Å²) >= 11 is 0. The largest absolute Gasteiger partial charge is 0.444 e. The summed E-state index contributed by atoms with van der Waals surface area (Å²) in [6, 6.07) is 8.46. The molecule has 0 aliphatic heterocycles. The zero-order valence-electron chi connectivity index (χ0n) is 12.9. The summed E-state index contributed by atoms with van der Waals surface area (Å²) in [5, 5.41) is 2.76. The van der Waals surface area contributed by atoms with Crippen LogP contribution in [0.5, 0.6) is 0 Å². The molecule has 0 saturated heterocycles. The van der Waals surface area contributed by atoms with Crippen molar-refractivity contribution in [2.75, 3.05) is 6.54 Å². The van der Waals surface area contributed by atoms with E-state index in [-0.39, 0.29) is 12.1 Å². The van der Waals surface area contributed by atoms with Crippen LogP contribution < -0.4 is 11.1 Å². The Morgan fingerprint density at radius 3 is 2.60 bits per heavy atom. The van der Waals surface area contributed by atoms with Crippen LogP contribution >= 0.6 is 0 Å². The van der Waals surface area contributed by atoms with Crippen LogP contribution in [0, 0.1) is 0 Å². The van der Waals surface area contributed by atoms with E-state index >= 15 is 0 Å². The molecular formula is C16H26N2O2. The van der Waals surface area contributed by atoms with Crippen molar-refractivity contribution in [2.24, 2.45) is 5.73 Å². The fourth-order valence-electron chi connectivity index (χ4n) is 1.91. The number of alkyl carbamates (subject to hydrolysis) is 1. The Bertz CT molecular complexity index is 436. The summed E-state index contributed by atoms with van der Waals surface area (Å²) in [5.74, 6) is 0. The van der Waals surface area contributed by atoms with Crippen LogP contribution in [0.15, 0.2) is 24.3 Å². The number of ether oxygens (including phenoxy) is 1. The normalized spacial score (nSPS) is 12.8. The van der Waals surface area contributed by atoms with Gasteiger partial charge < -0.3 is 15.8 Å². The second-order valence-electron chi connectivity index (χ2n) is 6.18. The van der Waals surface area contributed by atoms with Gasteiger partial charge >= 0.3 is 6.09 Å². The van der Waals surface area contributed by atoms with E-state index in [0.717, 1.165) is 12.8 Å². The summed E-state index contributed by atoms with van der Waals surface area (Å²) in [6.45, 7) is 8.12. The standard InChI is InChI=1S/C16H26N2O2/c1-12(17)10-14-7-5-6-13(11-14)8-9-18-15(19)20-16(2,3)4/h5-7,11-12H,8-10,17H2,1-4H3,(H,18,19)/t12-/m1/s1. The molecule has 1 amide bonds. The van der Waals surface area contributed by atoms with Crippen molar-refractivity contribution < 1.29 is 9.53 Å². The molecule has 1 aromatic rings. The highest BCUT2D eigenvalue weighted by molar-refractivity contribution is 5.67. The topological polar surface area (TPSA) is 64.3 Å². The van der Waals surface area contributed by atoms with Crippen LogP contribution in [0.4, 0.5) is 4.79 Å². The Morgan fingerprint density at radius 2 is 2.00 bits per heavy atom. The van der Waals surface area contributed by atoms with Crippen molar-refractivity contribution in [1.82, 2.24) is 5.32 Å². The van der Waals surface area contributed by atoms with E-state index in [0.29, 0.717) is 6.54 Å². The number of nitrogens with one attached hydrogen (secondary N) is 1. The third-order valence-electron chi connectivity index (χ3n) is 2.63. The first-order valence-corrected chi connectivity index (χ1v) is 7.06. The monoisotopic (exact) mass is 278 g/mol. The summed E-state index contributed by atoms with van der Waals surface area (Å²) in [4.78, 5) is 11.5. The van der Waals surface area contributed by atoms with Crippen LogP contribution in [0.1, 0.15) is 38.8 Å². The third-order valence-corrected chi connectivity index (χ3v) is 2.63. The molecule has 0 fully saturated rings. The van der Waals surface area contributed by atoms with Gasteiger partial charge in [-0.2, -0.15) is 0 Å². The summed E-state index contributed by atoms with van der Waals surface area (Å²) in [7, 11) is 0. The van der Waals surface area contributed by atoms with Gasteiger partial charge in [0.1, 0.15) is 5.60 Å². The molecule has 1 aromatic carbocycles. The first-order valence-electron chi connectivity index (χ1n) is 7.06. The Morgan fingerprint density at radius 1 is 1.35 bits per heavy atom. The highest BCUT2D eigenvalue weighted by Gasteiger charge is 2.15. The lowest BCUT2D eigenvalue weighted by atomic mass is 10.0. The predicted octanol–water partition coefficient (Wildman–Crippen LogP) is 2.64. The van der Waals surface area contributed by atoms with Gasteiger partial charge in [0, 0.05) is 12.6 Å². The van der Waals surface area contributed by atoms with E-state index < -0.39 is 5.60 Å². The number of carbonyl (C=O) groups excluding carboxylic acids is 1. The number of amides is 1. The van der Waals surface area contributed by atoms with Gasteiger partial charge in [-0.1, -0.05) is 24.3 Å². The number of hydrogen-bond donors (Lipinski definition) is 2. The lowest BCUT2D eigenvalue weighted by Crippen LogP contribution is -2.33. The number of rotatable bonds is 5. The quantitative estimate of drug-likeness (QED) is 0.870. The fourth-order valence-corrected chi connectivity index (χ4v) is 1.91. The third kappa shape index (κ3) is 7.14. The van der Waals surface area contributed by atoms with Crippen LogP contribution in [-0.4, -0.2) is 24.3 Å². The molecule has 3 N–H and O–H groups in total. The summed E-state index contributed by atoms with van der Waals surface area (Å²) in [6.07, 6.45) is 1.28. The Kier molecular flexibility index (Phi) is 6.02. The molecule has 0 spiro atoms. The van der Waals surface area contributed by atoms with Crippen LogP contribution in [-0.2, 0) is 17.6 Å². The van der Waals surface area contributed by atoms with Crippen molar-refractivity contribution >= 4 is 6.09 Å². The lowest BCUT2D eigenvalue weighted by molar-refractivity contribution is 0.0528. The molecule has 0 saturated carbocycles. The zero-order chi connectivity index (χ0) is 15.2. The SMILES string of the molecule is C[C@@H](N)Cc1cccc(CCNC(=O)OC(C)(C)C)c1. The second kappa shape index (κ2) is 7.29. The van der Waals surface area contributed by atoms with E-state index in [1.165, 1.54) is 11.1 Å². The minimum absolute atomic E-state index is 0.158. The van der Waals surface area contributed by atoms with Crippen LogP contribution in [0.3, 0.4) is 0 Å². The number of benzene rings is 1. The van der Waals surface area contributed by atoms with Gasteiger partial charge in [-0.25, -0.2) is 4.79 Å². The van der Waals surface area contributed by atoms with E-state index in [2.05, 4.69) is 23.5 Å². The number of nitrogens with two attached hydrogens (primary N) is 1. The zero-order valence-corrected chi connectivity index (χ0v) is 12.9. The maximum Gasteiger partial charge on any atom is 0.407 e. The van der Waals surface area contributed by atoms with Crippen molar-refractivity contribution in [3.8, 4) is 0 Å². The van der Waals surface area contributed by atoms with Gasteiger partial charge in [0.2, 0.25) is 0 Å². The molecule has 0 aliphatic rings. The van der Waals surface area contributed by atoms with Crippen molar-refractivity contribution in [3.05, 3.63) is 35.4 Å². The second-order valence-corrected chi connectivity index (χ2v) is 6.18. The van der Waals surface area contributed by atoms with Gasteiger partial charge in [-0.05, 0) is 51.7 Å². The first-order chi connectivity index (χ1) is 9.26. The predicted molar refractivity (Wildman–Crippen MR) is 81.7 cm³/mol. The van der Waals surface area contributed by atoms with Gasteiger partial charge in [-0.3, -0.25) is 0 Å². The van der Waals surface area contributed by atoms with E-state index in [9.17, 15) is 4.79 Å². The van der Waals surface area contributed by atoms with Gasteiger partial charge in [0.15, 0.2) is 0 Å². The molecule has 4 heteroatoms. The van der Waals surface area contributed by atoms with E-state index in [1.54, 1.807) is 0 Å². The number of hydrogen-bond acceptors (Lipinski definition) is 3. The molecule has 20 heavy (non-hydrogen) atoms. The maximum absolute atomic E-state index is 11.5. The van der Waals surface area contributed by atoms with Crippen molar-refractivity contribution in [2.45, 2.75) is 52.2 Å². The first kappa shape index (κ1) is 16.5. The fraction of sp³-hybridized carbons (Fsp3) is 0.562. The molecule has 4 nitrogen and oxygen atoms in total. The number of carbonyl (C=O) groups is 1. The van der Waals surface area contributed by atoms with E-state index in [1.807, 2.05) is 33.8 Å². The highest BCUT2D eigenvalue weighted by Crippen LogP contribution is 2.09. The van der Waals surface area contributed by atoms with Crippen LogP contribution in [0.2, 0.25) is 0 Å². The molecule has 0 aromatic heterocycles. The smallest absolute Gasteiger partial charge is 0.407 e. The molecule has 0 aliphatic carbocycles. The minimum Gasteiger partial charge on any atom is -0.444 e. The lowest BCUT2D eigenvalue weighted by Gasteiger charge is -2.19. The average Bonchev–Trinajstić information content (AvgIpc) is 2.25. The molecule has 112 valence electrons. The Hall–Kier alpha value is -1.55. The molecular weight excluding hydrogens is 252 g/mol. The highest BCUT2D eigenvalue weighted by atomic mass is 16.6. The molecule has 1 rings (SSSR count). The molecule has 0 unspecified atom stereocenters. The van der Waals surface area contributed by atoms with Gasteiger partial charge in [0.05, 0.1) is 0 Å².